The summed E-state index contributed by atoms with van der Waals surface area (Å²) in [5.41, 5.74) is 10.9. The van der Waals surface area contributed by atoms with Gasteiger partial charge in [-0.3, -0.25) is 37.0 Å². The van der Waals surface area contributed by atoms with E-state index >= 15 is 8.78 Å². The maximum absolute atomic E-state index is 15.9. The molecule has 2 bridgehead atoms. The van der Waals surface area contributed by atoms with Crippen molar-refractivity contribution in [1.29, 1.82) is 0 Å². The SMILES string of the molecule is Nc1nc2c(ncn2[C@@H]2O[C@@H]3COP(=O)(S)O[C@H]4[C@@H](F)[C@H](n5cnc6c(N)ncnc65)O[C@@H]4CO[PH](=O)O[C@@H]2[C@@H]3F)c(=O)[nH]1. The summed E-state index contributed by atoms with van der Waals surface area (Å²) in [6, 6.07) is 0. The van der Waals surface area contributed by atoms with Crippen LogP contribution in [0.5, 0.6) is 0 Å². The van der Waals surface area contributed by atoms with Gasteiger partial charge in [-0.2, -0.15) is 4.98 Å². The number of anilines is 2. The molecule has 7 heterocycles. The number of nitrogen functional groups attached to an aromatic ring is 2. The van der Waals surface area contributed by atoms with E-state index in [4.69, 9.17) is 39.0 Å². The molecule has 2 unspecified atom stereocenters. The van der Waals surface area contributed by atoms with Gasteiger partial charge >= 0.3 is 15.1 Å². The highest BCUT2D eigenvalue weighted by Crippen LogP contribution is 2.57. The van der Waals surface area contributed by atoms with Gasteiger partial charge in [0.05, 0.1) is 25.9 Å². The zero-order valence-electron chi connectivity index (χ0n) is 21.9. The number of aromatic amines is 1. The summed E-state index contributed by atoms with van der Waals surface area (Å²) < 4.78 is 93.4. The number of halogens is 2. The van der Waals surface area contributed by atoms with Gasteiger partial charge in [0.15, 0.2) is 47.4 Å². The second-order valence-electron chi connectivity index (χ2n) is 9.86. The van der Waals surface area contributed by atoms with Crippen molar-refractivity contribution in [2.45, 2.75) is 49.2 Å². The van der Waals surface area contributed by atoms with Crippen LogP contribution in [0.3, 0.4) is 0 Å². The molecular formula is C20H22F2N10O9P2S. The smallest absolute Gasteiger partial charge is 0.382 e. The molecule has 4 aromatic heterocycles. The van der Waals surface area contributed by atoms with E-state index in [9.17, 15) is 13.9 Å². The Morgan fingerprint density at radius 2 is 1.70 bits per heavy atom. The van der Waals surface area contributed by atoms with E-state index in [1.54, 1.807) is 0 Å². The number of imidazole rings is 2. The molecule has 24 heteroatoms. The number of H-pyrrole nitrogens is 1. The average molecular weight is 678 g/mol. The first kappa shape index (κ1) is 29.6. The molecule has 0 aromatic carbocycles. The second-order valence-corrected chi connectivity index (χ2v) is 13.8. The van der Waals surface area contributed by atoms with Gasteiger partial charge in [0, 0.05) is 0 Å². The molecule has 3 fully saturated rings. The quantitative estimate of drug-likeness (QED) is 0.169. The molecule has 19 nitrogen and oxygen atoms in total. The van der Waals surface area contributed by atoms with Crippen molar-refractivity contribution in [3.8, 4) is 0 Å². The third-order valence-corrected chi connectivity index (χ3v) is 9.65. The number of thiol groups is 1. The summed E-state index contributed by atoms with van der Waals surface area (Å²) in [5, 5.41) is 0. The Balaban J connectivity index is 1.18. The van der Waals surface area contributed by atoms with E-state index in [1.165, 1.54) is 10.9 Å². The maximum atomic E-state index is 15.9. The van der Waals surface area contributed by atoms with E-state index in [0.717, 1.165) is 17.2 Å². The Bertz CT molecular complexity index is 1880. The highest BCUT2D eigenvalue weighted by Gasteiger charge is 2.53. The molecule has 236 valence electrons. The molecule has 3 aliphatic rings. The van der Waals surface area contributed by atoms with E-state index in [1.807, 2.05) is 0 Å². The van der Waals surface area contributed by atoms with Gasteiger partial charge in [0.25, 0.3) is 5.56 Å². The number of ether oxygens (including phenoxy) is 2. The minimum Gasteiger partial charge on any atom is -0.382 e. The van der Waals surface area contributed by atoms with E-state index in [0.29, 0.717) is 0 Å². The van der Waals surface area contributed by atoms with Crippen molar-refractivity contribution >= 4 is 61.4 Å². The van der Waals surface area contributed by atoms with Gasteiger partial charge < -0.3 is 25.5 Å². The molecular weight excluding hydrogens is 656 g/mol. The Kier molecular flexibility index (Phi) is 7.46. The molecule has 4 aromatic rings. The van der Waals surface area contributed by atoms with Crippen molar-refractivity contribution in [2.75, 3.05) is 24.7 Å². The molecule has 10 atom stereocenters. The average Bonchev–Trinajstić information content (AvgIpc) is 3.72. The molecule has 7 rings (SSSR count). The summed E-state index contributed by atoms with van der Waals surface area (Å²) in [6.45, 7) is -5.76. The van der Waals surface area contributed by atoms with Gasteiger partial charge in [-0.05, 0) is 0 Å². The van der Waals surface area contributed by atoms with Gasteiger partial charge in [-0.1, -0.05) is 12.2 Å². The van der Waals surface area contributed by atoms with Crippen molar-refractivity contribution in [3.05, 3.63) is 29.3 Å². The topological polar surface area (TPSA) is 249 Å². The van der Waals surface area contributed by atoms with Gasteiger partial charge in [0.1, 0.15) is 36.3 Å². The van der Waals surface area contributed by atoms with Crippen LogP contribution in [0.4, 0.5) is 20.5 Å². The monoisotopic (exact) mass is 678 g/mol. The third-order valence-electron chi connectivity index (χ3n) is 7.17. The van der Waals surface area contributed by atoms with Crippen LogP contribution in [0.25, 0.3) is 22.3 Å². The van der Waals surface area contributed by atoms with Crippen LogP contribution in [0, 0.1) is 0 Å². The van der Waals surface area contributed by atoms with Crippen LogP contribution in [0.2, 0.25) is 0 Å². The van der Waals surface area contributed by atoms with E-state index in [2.05, 4.69) is 42.2 Å². The van der Waals surface area contributed by atoms with Crippen molar-refractivity contribution in [3.63, 3.8) is 0 Å². The fourth-order valence-corrected chi connectivity index (χ4v) is 7.51. The summed E-state index contributed by atoms with van der Waals surface area (Å²) in [4.78, 5) is 34.5. The fraction of sp³-hybridized carbons (Fsp3) is 0.500. The van der Waals surface area contributed by atoms with Gasteiger partial charge in [-0.25, -0.2) is 33.3 Å². The molecule has 44 heavy (non-hydrogen) atoms. The number of nitrogens with zero attached hydrogens (tertiary/aromatic N) is 7. The number of nitrogens with one attached hydrogen (secondary N) is 1. The largest absolute Gasteiger partial charge is 0.386 e. The van der Waals surface area contributed by atoms with E-state index < -0.39 is 83.0 Å². The molecule has 3 aliphatic heterocycles. The summed E-state index contributed by atoms with van der Waals surface area (Å²) in [5.74, 6) is -0.205. The van der Waals surface area contributed by atoms with E-state index in [-0.39, 0.29) is 34.1 Å². The lowest BCUT2D eigenvalue weighted by Gasteiger charge is -2.24. The first-order valence-electron chi connectivity index (χ1n) is 12.7. The number of aromatic nitrogens is 8. The highest BCUT2D eigenvalue weighted by atomic mass is 32.7. The number of rotatable bonds is 2. The van der Waals surface area contributed by atoms with Crippen LogP contribution < -0.4 is 17.0 Å². The lowest BCUT2D eigenvalue weighted by Crippen LogP contribution is -2.33. The molecule has 0 saturated carbocycles. The number of fused-ring (bicyclic) bond motifs is 5. The molecule has 5 N–H and O–H groups in total. The second kappa shape index (κ2) is 11.1. The predicted molar refractivity (Wildman–Crippen MR) is 147 cm³/mol. The molecule has 3 saturated heterocycles. The summed E-state index contributed by atoms with van der Waals surface area (Å²) >= 11 is 3.95. The number of hydrogen-bond donors (Lipinski definition) is 4. The first-order chi connectivity index (χ1) is 21.0. The molecule has 0 aliphatic carbocycles. The Labute approximate surface area is 249 Å². The van der Waals surface area contributed by atoms with Gasteiger partial charge in [0.2, 0.25) is 5.95 Å². The number of hydrogen-bond acceptors (Lipinski definition) is 16. The first-order valence-corrected chi connectivity index (χ1v) is 16.7. The summed E-state index contributed by atoms with van der Waals surface area (Å²) in [6.07, 6.45) is -9.48. The maximum Gasteiger partial charge on any atom is 0.386 e. The minimum atomic E-state index is -4.43. The normalized spacial score (nSPS) is 36.6. The summed E-state index contributed by atoms with van der Waals surface area (Å²) in [7, 11) is -3.54. The molecule has 0 radical (unpaired) electrons. The van der Waals surface area contributed by atoms with Crippen molar-refractivity contribution < 1.29 is 45.5 Å². The highest BCUT2D eigenvalue weighted by molar-refractivity contribution is 8.44. The third kappa shape index (κ3) is 5.09. The van der Waals surface area contributed by atoms with Crippen LogP contribution in [0.15, 0.2) is 23.8 Å². The number of alkyl halides is 2. The zero-order chi connectivity index (χ0) is 30.9. The molecule has 0 spiro atoms. The predicted octanol–water partition coefficient (Wildman–Crippen LogP) is 0.840. The van der Waals surface area contributed by atoms with Crippen LogP contribution >= 0.6 is 27.3 Å². The fourth-order valence-electron chi connectivity index (χ4n) is 5.19. The van der Waals surface area contributed by atoms with Crippen molar-refractivity contribution in [1.82, 2.24) is 39.0 Å². The lowest BCUT2D eigenvalue weighted by atomic mass is 10.1. The van der Waals surface area contributed by atoms with Crippen LogP contribution in [-0.4, -0.2) is 89.0 Å². The Morgan fingerprint density at radius 3 is 2.50 bits per heavy atom. The van der Waals surface area contributed by atoms with Crippen LogP contribution in [0.1, 0.15) is 12.5 Å². The zero-order valence-corrected chi connectivity index (χ0v) is 24.7. The minimum absolute atomic E-state index is 0.0457. The lowest BCUT2D eigenvalue weighted by molar-refractivity contribution is -0.0557. The van der Waals surface area contributed by atoms with Crippen molar-refractivity contribution in [2.24, 2.45) is 0 Å². The van der Waals surface area contributed by atoms with Gasteiger partial charge in [-0.15, -0.1) is 0 Å². The number of nitrogens with two attached hydrogens (primary N) is 2. The van der Waals surface area contributed by atoms with Crippen LogP contribution in [-0.2, 0) is 36.7 Å². The standard InChI is InChI=1S/C20H22F2N10O9P2S/c21-8-6-2-37-43(35,44)41-12-7(39-18(9(12)22)31-4-27-10-14(23)25-3-26-15(10)31)1-36-42(34)40-13(8)19(38-6)32-5-28-11-16(32)29-20(24)30-17(11)33/h3-9,12-13,18-19,42H,1-2H2,(H,35,44)(H2,23,25,26)(H3,24,29,30,33)/t6-,7-,8-,9-,12-,13-,18-,19-,43?/m1/s1. The Morgan fingerprint density at radius 1 is 0.977 bits per heavy atom. The Hall–Kier alpha value is -3.07. The molecule has 0 amide bonds.